The van der Waals surface area contributed by atoms with E-state index in [9.17, 15) is 0 Å². The lowest BCUT2D eigenvalue weighted by Crippen LogP contribution is -2.22. The van der Waals surface area contributed by atoms with Gasteiger partial charge in [0, 0.05) is 18.1 Å². The Hall–Kier alpha value is -1.13. The van der Waals surface area contributed by atoms with Crippen molar-refractivity contribution >= 4 is 11.3 Å². The number of hydrogen-bond acceptors (Lipinski definition) is 3. The lowest BCUT2D eigenvalue weighted by Gasteiger charge is -2.14. The van der Waals surface area contributed by atoms with E-state index in [4.69, 9.17) is 0 Å². The first-order valence-corrected chi connectivity index (χ1v) is 6.44. The molecule has 0 radical (unpaired) electrons. The predicted octanol–water partition coefficient (Wildman–Crippen LogP) is 2.57. The molecule has 0 aliphatic heterocycles. The first kappa shape index (κ1) is 11.4. The van der Waals surface area contributed by atoms with Crippen LogP contribution in [-0.2, 0) is 7.05 Å². The molecule has 0 bridgehead atoms. The van der Waals surface area contributed by atoms with Gasteiger partial charge in [-0.05, 0) is 24.4 Å². The van der Waals surface area contributed by atoms with Gasteiger partial charge in [-0.15, -0.1) is 11.3 Å². The van der Waals surface area contributed by atoms with Crippen LogP contribution in [0.4, 0.5) is 0 Å². The summed E-state index contributed by atoms with van der Waals surface area (Å²) in [6.07, 6.45) is 5.06. The molecule has 0 amide bonds. The minimum absolute atomic E-state index is 0.237. The van der Waals surface area contributed by atoms with Gasteiger partial charge in [-0.2, -0.15) is 0 Å². The van der Waals surface area contributed by atoms with E-state index in [-0.39, 0.29) is 6.04 Å². The number of imidazole rings is 1. The summed E-state index contributed by atoms with van der Waals surface area (Å²) in [4.78, 5) is 5.76. The van der Waals surface area contributed by atoms with E-state index in [1.807, 2.05) is 17.9 Å². The molecular weight excluding hydrogens is 218 g/mol. The monoisotopic (exact) mass is 235 g/mol. The molecule has 3 nitrogen and oxygen atoms in total. The molecule has 4 heteroatoms. The largest absolute Gasteiger partial charge is 0.340 e. The quantitative estimate of drug-likeness (QED) is 0.863. The van der Waals surface area contributed by atoms with E-state index in [1.54, 1.807) is 11.3 Å². The van der Waals surface area contributed by atoms with Gasteiger partial charge in [-0.1, -0.05) is 13.0 Å². The molecule has 2 rings (SSSR count). The minimum atomic E-state index is 0.237. The van der Waals surface area contributed by atoms with Crippen LogP contribution in [0.15, 0.2) is 30.0 Å². The van der Waals surface area contributed by atoms with Crippen molar-refractivity contribution in [2.75, 3.05) is 6.54 Å². The summed E-state index contributed by atoms with van der Waals surface area (Å²) in [5.41, 5.74) is 1.10. The molecular formula is C12H17N3S. The first-order chi connectivity index (χ1) is 7.81. The van der Waals surface area contributed by atoms with Crippen LogP contribution in [0.3, 0.4) is 0 Å². The van der Waals surface area contributed by atoms with Gasteiger partial charge < -0.3 is 9.88 Å². The Balaban J connectivity index is 2.21. The summed E-state index contributed by atoms with van der Waals surface area (Å²) >= 11 is 1.77. The van der Waals surface area contributed by atoms with Gasteiger partial charge in [-0.25, -0.2) is 4.98 Å². The Kier molecular flexibility index (Phi) is 3.74. The zero-order chi connectivity index (χ0) is 11.4. The van der Waals surface area contributed by atoms with Crippen LogP contribution in [-0.4, -0.2) is 16.1 Å². The van der Waals surface area contributed by atoms with E-state index in [2.05, 4.69) is 40.9 Å². The molecule has 2 heterocycles. The van der Waals surface area contributed by atoms with Crippen LogP contribution >= 0.6 is 11.3 Å². The van der Waals surface area contributed by atoms with Gasteiger partial charge in [0.05, 0.1) is 18.1 Å². The molecule has 2 aromatic rings. The Morgan fingerprint density at radius 2 is 2.44 bits per heavy atom. The van der Waals surface area contributed by atoms with Gasteiger partial charge >= 0.3 is 0 Å². The third-order valence-electron chi connectivity index (χ3n) is 2.45. The second kappa shape index (κ2) is 5.27. The SMILES string of the molecule is CCCNC(c1cn(C)cn1)c1cccs1. The molecule has 0 spiro atoms. The maximum absolute atomic E-state index is 4.43. The van der Waals surface area contributed by atoms with E-state index < -0.39 is 0 Å². The second-order valence-corrected chi connectivity index (χ2v) is 4.85. The van der Waals surface area contributed by atoms with Gasteiger partial charge in [-0.3, -0.25) is 0 Å². The molecule has 86 valence electrons. The molecule has 0 aromatic carbocycles. The number of hydrogen-bond donors (Lipinski definition) is 1. The minimum Gasteiger partial charge on any atom is -0.340 e. The number of nitrogens with zero attached hydrogens (tertiary/aromatic N) is 2. The lowest BCUT2D eigenvalue weighted by molar-refractivity contribution is 0.595. The molecule has 16 heavy (non-hydrogen) atoms. The maximum atomic E-state index is 4.43. The second-order valence-electron chi connectivity index (χ2n) is 3.87. The summed E-state index contributed by atoms with van der Waals surface area (Å²) in [6.45, 7) is 3.19. The van der Waals surface area contributed by atoms with Crippen molar-refractivity contribution in [2.24, 2.45) is 7.05 Å². The van der Waals surface area contributed by atoms with Crippen molar-refractivity contribution in [3.8, 4) is 0 Å². The van der Waals surface area contributed by atoms with Crippen molar-refractivity contribution in [3.05, 3.63) is 40.6 Å². The zero-order valence-electron chi connectivity index (χ0n) is 9.68. The number of nitrogens with one attached hydrogen (secondary N) is 1. The number of aryl methyl sites for hydroxylation is 1. The van der Waals surface area contributed by atoms with Crippen LogP contribution in [0, 0.1) is 0 Å². The highest BCUT2D eigenvalue weighted by Gasteiger charge is 2.16. The van der Waals surface area contributed by atoms with E-state index in [0.717, 1.165) is 18.7 Å². The molecule has 0 fully saturated rings. The van der Waals surface area contributed by atoms with Crippen molar-refractivity contribution in [1.29, 1.82) is 0 Å². The molecule has 0 saturated carbocycles. The molecule has 0 aliphatic rings. The summed E-state index contributed by atoms with van der Waals surface area (Å²) in [6, 6.07) is 4.48. The molecule has 1 unspecified atom stereocenters. The van der Waals surface area contributed by atoms with Crippen LogP contribution < -0.4 is 5.32 Å². The topological polar surface area (TPSA) is 29.9 Å². The van der Waals surface area contributed by atoms with E-state index in [0.29, 0.717) is 0 Å². The van der Waals surface area contributed by atoms with Crippen molar-refractivity contribution < 1.29 is 0 Å². The average molecular weight is 235 g/mol. The number of rotatable bonds is 5. The molecule has 0 saturated heterocycles. The standard InChI is InChI=1S/C12H17N3S/c1-3-6-13-12(11-5-4-7-16-11)10-8-15(2)9-14-10/h4-5,7-9,12-13H,3,6H2,1-2H3. The van der Waals surface area contributed by atoms with Crippen LogP contribution in [0.5, 0.6) is 0 Å². The third kappa shape index (κ3) is 2.51. The summed E-state index contributed by atoms with van der Waals surface area (Å²) in [7, 11) is 2.00. The fourth-order valence-electron chi connectivity index (χ4n) is 1.68. The van der Waals surface area contributed by atoms with Gasteiger partial charge in [0.25, 0.3) is 0 Å². The van der Waals surface area contributed by atoms with E-state index >= 15 is 0 Å². The fourth-order valence-corrected chi connectivity index (χ4v) is 2.49. The van der Waals surface area contributed by atoms with E-state index in [1.165, 1.54) is 4.88 Å². The van der Waals surface area contributed by atoms with Gasteiger partial charge in [0.1, 0.15) is 0 Å². The summed E-state index contributed by atoms with van der Waals surface area (Å²) in [5.74, 6) is 0. The normalized spacial score (nSPS) is 12.9. The van der Waals surface area contributed by atoms with Gasteiger partial charge in [0.15, 0.2) is 0 Å². The van der Waals surface area contributed by atoms with Crippen molar-refractivity contribution in [2.45, 2.75) is 19.4 Å². The fraction of sp³-hybridized carbons (Fsp3) is 0.417. The lowest BCUT2D eigenvalue weighted by atomic mass is 10.2. The predicted molar refractivity (Wildman–Crippen MR) is 67.7 cm³/mol. The number of aromatic nitrogens is 2. The number of thiophene rings is 1. The molecule has 2 aromatic heterocycles. The highest BCUT2D eigenvalue weighted by atomic mass is 32.1. The Labute approximate surface area is 100 Å². The van der Waals surface area contributed by atoms with Crippen LogP contribution in [0.25, 0.3) is 0 Å². The average Bonchev–Trinajstić information content (AvgIpc) is 2.91. The van der Waals surface area contributed by atoms with Crippen LogP contribution in [0.2, 0.25) is 0 Å². The molecule has 1 N–H and O–H groups in total. The zero-order valence-corrected chi connectivity index (χ0v) is 10.5. The Morgan fingerprint density at radius 1 is 1.56 bits per heavy atom. The summed E-state index contributed by atoms with van der Waals surface area (Å²) < 4.78 is 1.99. The van der Waals surface area contributed by atoms with Crippen molar-refractivity contribution in [1.82, 2.24) is 14.9 Å². The maximum Gasteiger partial charge on any atom is 0.0947 e. The third-order valence-corrected chi connectivity index (χ3v) is 3.38. The smallest absolute Gasteiger partial charge is 0.0947 e. The van der Waals surface area contributed by atoms with Crippen LogP contribution in [0.1, 0.15) is 30.0 Å². The van der Waals surface area contributed by atoms with Crippen molar-refractivity contribution in [3.63, 3.8) is 0 Å². The highest BCUT2D eigenvalue weighted by Crippen LogP contribution is 2.24. The van der Waals surface area contributed by atoms with Gasteiger partial charge in [0.2, 0.25) is 0 Å². The first-order valence-electron chi connectivity index (χ1n) is 5.56. The highest BCUT2D eigenvalue weighted by molar-refractivity contribution is 7.10. The molecule has 1 atom stereocenters. The Morgan fingerprint density at radius 3 is 3.00 bits per heavy atom. The summed E-state index contributed by atoms with van der Waals surface area (Å²) in [5, 5.41) is 5.65. The Bertz CT molecular complexity index is 419. The molecule has 0 aliphatic carbocycles.